The van der Waals surface area contributed by atoms with E-state index in [0.29, 0.717) is 10.1 Å². The van der Waals surface area contributed by atoms with Gasteiger partial charge in [0.25, 0.3) is 5.56 Å². The molecular formula is C14H10IN3O. The van der Waals surface area contributed by atoms with Crippen molar-refractivity contribution in [3.63, 3.8) is 0 Å². The van der Waals surface area contributed by atoms with Gasteiger partial charge in [-0.15, -0.1) is 0 Å². The zero-order chi connectivity index (χ0) is 13.2. The van der Waals surface area contributed by atoms with Crippen molar-refractivity contribution in [3.8, 4) is 0 Å². The first-order valence-electron chi connectivity index (χ1n) is 5.78. The monoisotopic (exact) mass is 363 g/mol. The Morgan fingerprint density at radius 3 is 2.95 bits per heavy atom. The molecule has 0 aliphatic heterocycles. The molecule has 0 bridgehead atoms. The summed E-state index contributed by atoms with van der Waals surface area (Å²) in [5.74, 6) is 0. The average molecular weight is 363 g/mol. The number of aromatic nitrogens is 3. The van der Waals surface area contributed by atoms with Gasteiger partial charge < -0.3 is 0 Å². The molecule has 4 nitrogen and oxygen atoms in total. The summed E-state index contributed by atoms with van der Waals surface area (Å²) in [6, 6.07) is 9.86. The van der Waals surface area contributed by atoms with E-state index in [4.69, 9.17) is 0 Å². The molecule has 2 aromatic heterocycles. The third-order valence-corrected chi connectivity index (χ3v) is 3.68. The maximum Gasteiger partial charge on any atom is 0.267 e. The number of para-hydroxylation sites is 1. The Bertz CT molecular complexity index is 793. The Balaban J connectivity index is 2.11. The second kappa shape index (κ2) is 5.08. The second-order valence-electron chi connectivity index (χ2n) is 4.16. The van der Waals surface area contributed by atoms with Crippen LogP contribution in [0.3, 0.4) is 0 Å². The van der Waals surface area contributed by atoms with Crippen LogP contribution in [0.2, 0.25) is 0 Å². The summed E-state index contributed by atoms with van der Waals surface area (Å²) in [6.45, 7) is 0.506. The summed E-state index contributed by atoms with van der Waals surface area (Å²) < 4.78 is 2.24. The van der Waals surface area contributed by atoms with Crippen molar-refractivity contribution in [1.82, 2.24) is 14.5 Å². The largest absolute Gasteiger partial charge is 0.294 e. The molecule has 5 heteroatoms. The minimum atomic E-state index is -0.0171. The Morgan fingerprint density at radius 1 is 1.21 bits per heavy atom. The van der Waals surface area contributed by atoms with Gasteiger partial charge in [-0.1, -0.05) is 18.2 Å². The van der Waals surface area contributed by atoms with Crippen LogP contribution >= 0.6 is 22.6 Å². The molecule has 0 aliphatic carbocycles. The first kappa shape index (κ1) is 12.3. The van der Waals surface area contributed by atoms with E-state index in [0.717, 1.165) is 16.5 Å². The molecule has 94 valence electrons. The van der Waals surface area contributed by atoms with Crippen LogP contribution in [0.4, 0.5) is 0 Å². The number of benzene rings is 1. The quantitative estimate of drug-likeness (QED) is 0.658. The highest BCUT2D eigenvalue weighted by molar-refractivity contribution is 14.1. The zero-order valence-corrected chi connectivity index (χ0v) is 12.1. The molecule has 0 aliphatic rings. The van der Waals surface area contributed by atoms with Crippen molar-refractivity contribution in [2.24, 2.45) is 0 Å². The van der Waals surface area contributed by atoms with Crippen LogP contribution in [0.5, 0.6) is 0 Å². The number of rotatable bonds is 2. The lowest BCUT2D eigenvalue weighted by atomic mass is 10.1. The van der Waals surface area contributed by atoms with Crippen LogP contribution in [0, 0.1) is 3.57 Å². The number of hydrogen-bond donors (Lipinski definition) is 0. The molecule has 3 aromatic rings. The Labute approximate surface area is 123 Å². The van der Waals surface area contributed by atoms with E-state index in [-0.39, 0.29) is 5.56 Å². The number of halogens is 1. The van der Waals surface area contributed by atoms with Gasteiger partial charge in [0.1, 0.15) is 0 Å². The van der Waals surface area contributed by atoms with Gasteiger partial charge >= 0.3 is 0 Å². The fourth-order valence-electron chi connectivity index (χ4n) is 2.01. The van der Waals surface area contributed by atoms with Crippen molar-refractivity contribution >= 4 is 33.5 Å². The van der Waals surface area contributed by atoms with Crippen molar-refractivity contribution in [2.45, 2.75) is 6.54 Å². The minimum absolute atomic E-state index is 0.0171. The molecule has 0 fully saturated rings. The Kier molecular flexibility index (Phi) is 3.29. The smallest absolute Gasteiger partial charge is 0.267 e. The third-order valence-electron chi connectivity index (χ3n) is 2.94. The van der Waals surface area contributed by atoms with Crippen molar-refractivity contribution in [2.75, 3.05) is 0 Å². The van der Waals surface area contributed by atoms with Gasteiger partial charge in [0, 0.05) is 17.8 Å². The van der Waals surface area contributed by atoms with Gasteiger partial charge in [-0.2, -0.15) is 0 Å². The summed E-state index contributed by atoms with van der Waals surface area (Å²) in [4.78, 5) is 20.4. The van der Waals surface area contributed by atoms with Crippen molar-refractivity contribution in [1.29, 1.82) is 0 Å². The summed E-state index contributed by atoms with van der Waals surface area (Å²) >= 11 is 2.00. The SMILES string of the molecule is O=c1c(I)cncn1Cc1ccnc2ccccc12. The molecule has 2 heterocycles. The molecular weight excluding hydrogens is 353 g/mol. The predicted molar refractivity (Wildman–Crippen MR) is 82.1 cm³/mol. The lowest BCUT2D eigenvalue weighted by Gasteiger charge is -2.08. The molecule has 0 N–H and O–H groups in total. The van der Waals surface area contributed by atoms with Gasteiger partial charge in [-0.25, -0.2) is 4.98 Å². The summed E-state index contributed by atoms with van der Waals surface area (Å²) in [6.07, 6.45) is 4.91. The number of hydrogen-bond acceptors (Lipinski definition) is 3. The van der Waals surface area contributed by atoms with Crippen LogP contribution in [0.25, 0.3) is 10.9 Å². The van der Waals surface area contributed by atoms with E-state index in [1.807, 2.05) is 52.9 Å². The second-order valence-corrected chi connectivity index (χ2v) is 5.32. The maximum atomic E-state index is 12.0. The zero-order valence-electron chi connectivity index (χ0n) is 9.95. The first-order valence-corrected chi connectivity index (χ1v) is 6.86. The van der Waals surface area contributed by atoms with Crippen molar-refractivity contribution < 1.29 is 0 Å². The normalized spacial score (nSPS) is 10.8. The molecule has 0 unspecified atom stereocenters. The van der Waals surface area contributed by atoms with Crippen LogP contribution in [0.15, 0.2) is 53.8 Å². The summed E-state index contributed by atoms with van der Waals surface area (Å²) in [5, 5.41) is 1.07. The van der Waals surface area contributed by atoms with Gasteiger partial charge in [-0.3, -0.25) is 14.3 Å². The predicted octanol–water partition coefficient (Wildman–Crippen LogP) is 2.44. The number of nitrogens with zero attached hydrogens (tertiary/aromatic N) is 3. The topological polar surface area (TPSA) is 47.8 Å². The van der Waals surface area contributed by atoms with E-state index in [1.54, 1.807) is 23.3 Å². The van der Waals surface area contributed by atoms with E-state index in [2.05, 4.69) is 9.97 Å². The molecule has 0 saturated carbocycles. The molecule has 0 spiro atoms. The van der Waals surface area contributed by atoms with Gasteiger partial charge in [0.2, 0.25) is 0 Å². The lowest BCUT2D eigenvalue weighted by molar-refractivity contribution is 0.733. The van der Waals surface area contributed by atoms with Crippen LogP contribution in [-0.2, 0) is 6.54 Å². The van der Waals surface area contributed by atoms with E-state index < -0.39 is 0 Å². The number of fused-ring (bicyclic) bond motifs is 1. The lowest BCUT2D eigenvalue weighted by Crippen LogP contribution is -2.23. The van der Waals surface area contributed by atoms with E-state index in [9.17, 15) is 4.79 Å². The highest BCUT2D eigenvalue weighted by atomic mass is 127. The maximum absolute atomic E-state index is 12.0. The summed E-state index contributed by atoms with van der Waals surface area (Å²) in [7, 11) is 0. The van der Waals surface area contributed by atoms with Crippen LogP contribution in [-0.4, -0.2) is 14.5 Å². The molecule has 19 heavy (non-hydrogen) atoms. The van der Waals surface area contributed by atoms with Crippen LogP contribution in [0.1, 0.15) is 5.56 Å². The molecule has 0 saturated heterocycles. The fraction of sp³-hybridized carbons (Fsp3) is 0.0714. The highest BCUT2D eigenvalue weighted by Gasteiger charge is 2.05. The average Bonchev–Trinajstić information content (AvgIpc) is 2.44. The molecule has 3 rings (SSSR count). The van der Waals surface area contributed by atoms with Gasteiger partial charge in [-0.05, 0) is 40.3 Å². The molecule has 0 radical (unpaired) electrons. The summed E-state index contributed by atoms with van der Waals surface area (Å²) in [5.41, 5.74) is 1.99. The van der Waals surface area contributed by atoms with Crippen molar-refractivity contribution in [3.05, 3.63) is 68.5 Å². The van der Waals surface area contributed by atoms with E-state index in [1.165, 1.54) is 0 Å². The molecule has 0 amide bonds. The fourth-order valence-corrected chi connectivity index (χ4v) is 2.48. The standard InChI is InChI=1S/C14H10IN3O/c15-12-7-16-9-18(14(12)19)8-10-5-6-17-13-4-2-1-3-11(10)13/h1-7,9H,8H2. The Morgan fingerprint density at radius 2 is 2.05 bits per heavy atom. The highest BCUT2D eigenvalue weighted by Crippen LogP contribution is 2.16. The van der Waals surface area contributed by atoms with E-state index >= 15 is 0 Å². The first-order chi connectivity index (χ1) is 9.25. The van der Waals surface area contributed by atoms with Gasteiger partial charge in [0.15, 0.2) is 0 Å². The molecule has 0 atom stereocenters. The Hall–Kier alpha value is -1.76. The molecule has 1 aromatic carbocycles. The van der Waals surface area contributed by atoms with Crippen LogP contribution < -0.4 is 5.56 Å². The number of pyridine rings is 1. The van der Waals surface area contributed by atoms with Gasteiger partial charge in [0.05, 0.1) is 22.0 Å². The third kappa shape index (κ3) is 2.37. The minimum Gasteiger partial charge on any atom is -0.294 e.